The van der Waals surface area contributed by atoms with Crippen LogP contribution in [0.2, 0.25) is 0 Å². The first-order chi connectivity index (χ1) is 2.77. The zero-order chi connectivity index (χ0) is 4.99. The van der Waals surface area contributed by atoms with Crippen LogP contribution in [0, 0.1) is 0 Å². The Morgan fingerprint density at radius 2 is 2.17 bits per heavy atom. The van der Waals surface area contributed by atoms with E-state index in [1.54, 1.807) is 0 Å². The van der Waals surface area contributed by atoms with E-state index in [0.29, 0.717) is 0 Å². The van der Waals surface area contributed by atoms with Crippen LogP contribution < -0.4 is 0 Å². The van der Waals surface area contributed by atoms with Gasteiger partial charge in [0.25, 0.3) is 0 Å². The molecular weight excluding hydrogens is 212 g/mol. The average molecular weight is 215 g/mol. The van der Waals surface area contributed by atoms with Crippen molar-refractivity contribution in [1.29, 1.82) is 0 Å². The molecule has 0 aliphatic rings. The Kier molecular flexibility index (Phi) is 4.26. The molecule has 0 bridgehead atoms. The molecule has 0 aliphatic carbocycles. The number of hydrogen-bond acceptors (Lipinski definition) is 0. The predicted octanol–water partition coefficient (Wildman–Crippen LogP) is 2.05. The zero-order valence-electron chi connectivity index (χ0n) is 2.95. The lowest BCUT2D eigenvalue weighted by molar-refractivity contribution is 0.232. The van der Waals surface area contributed by atoms with Crippen LogP contribution in [0.4, 0.5) is 0 Å². The van der Waals surface area contributed by atoms with Gasteiger partial charge in [-0.3, -0.25) is 0 Å². The molecule has 0 fully saturated rings. The van der Waals surface area contributed by atoms with Gasteiger partial charge in [0.15, 0.2) is 0 Å². The Labute approximate surface area is 53.3 Å². The number of halogens is 2. The van der Waals surface area contributed by atoms with Crippen molar-refractivity contribution in [2.75, 3.05) is 6.61 Å². The summed E-state index contributed by atoms with van der Waals surface area (Å²) in [5.74, 6) is 0. The molecule has 35 valence electrons. The van der Waals surface area contributed by atoms with Crippen LogP contribution in [0.5, 0.6) is 0 Å². The van der Waals surface area contributed by atoms with E-state index in [2.05, 4.69) is 31.9 Å². The smallest absolute Gasteiger partial charge is 0.102 e. The fourth-order valence-corrected chi connectivity index (χ4v) is 0.327. The minimum Gasteiger partial charge on any atom is -0.232 e. The van der Waals surface area contributed by atoms with Crippen molar-refractivity contribution < 1.29 is 5.11 Å². The summed E-state index contributed by atoms with van der Waals surface area (Å²) in [6.07, 6.45) is 1.49. The first-order valence-electron chi connectivity index (χ1n) is 1.36. The Hall–Kier alpha value is 0.660. The zero-order valence-corrected chi connectivity index (χ0v) is 6.12. The van der Waals surface area contributed by atoms with Crippen LogP contribution in [0.3, 0.4) is 0 Å². The van der Waals surface area contributed by atoms with E-state index < -0.39 is 0 Å². The Balaban J connectivity index is 3.14. The minimum atomic E-state index is -0.175. The summed E-state index contributed by atoms with van der Waals surface area (Å²) in [5.41, 5.74) is 0. The number of hydrogen-bond donors (Lipinski definition) is 0. The molecule has 0 saturated carbocycles. The van der Waals surface area contributed by atoms with Crippen molar-refractivity contribution in [2.24, 2.45) is 0 Å². The van der Waals surface area contributed by atoms with Gasteiger partial charge in [0.05, 0.1) is 3.39 Å². The van der Waals surface area contributed by atoms with Crippen LogP contribution in [0.1, 0.15) is 0 Å². The summed E-state index contributed by atoms with van der Waals surface area (Å²) in [5, 5.41) is 9.60. The van der Waals surface area contributed by atoms with Crippen molar-refractivity contribution >= 4 is 31.9 Å². The van der Waals surface area contributed by atoms with Crippen LogP contribution in [-0.4, -0.2) is 6.61 Å². The highest BCUT2D eigenvalue weighted by Gasteiger charge is 1.74. The van der Waals surface area contributed by atoms with Crippen molar-refractivity contribution in [3.63, 3.8) is 0 Å². The molecule has 0 aromatic rings. The number of rotatable bonds is 1. The third kappa shape index (κ3) is 4.66. The van der Waals surface area contributed by atoms with Gasteiger partial charge >= 0.3 is 0 Å². The highest BCUT2D eigenvalue weighted by atomic mass is 79.9. The summed E-state index contributed by atoms with van der Waals surface area (Å²) < 4.78 is 0.727. The first kappa shape index (κ1) is 6.66. The minimum absolute atomic E-state index is 0.175. The largest absolute Gasteiger partial charge is 0.232 e. The molecule has 1 radical (unpaired) electrons. The fraction of sp³-hybridized carbons (Fsp3) is 0.333. The molecule has 0 saturated heterocycles. The molecule has 0 spiro atoms. The van der Waals surface area contributed by atoms with E-state index in [1.165, 1.54) is 6.08 Å². The molecule has 0 amide bonds. The van der Waals surface area contributed by atoms with Crippen LogP contribution in [0.15, 0.2) is 9.47 Å². The lowest BCUT2D eigenvalue weighted by Crippen LogP contribution is -1.64. The Morgan fingerprint density at radius 3 is 2.17 bits per heavy atom. The topological polar surface area (TPSA) is 19.9 Å². The molecule has 3 heteroatoms. The van der Waals surface area contributed by atoms with Gasteiger partial charge in [-0.2, -0.15) is 0 Å². The third-order valence-electron chi connectivity index (χ3n) is 0.238. The maximum Gasteiger partial charge on any atom is 0.102 e. The Morgan fingerprint density at radius 1 is 1.67 bits per heavy atom. The SMILES string of the molecule is [O]CC=C(Br)Br. The maximum atomic E-state index is 9.60. The van der Waals surface area contributed by atoms with Gasteiger partial charge in [0.2, 0.25) is 0 Å². The van der Waals surface area contributed by atoms with E-state index in [-0.39, 0.29) is 6.61 Å². The van der Waals surface area contributed by atoms with Crippen molar-refractivity contribution in [3.05, 3.63) is 9.47 Å². The second-order valence-electron chi connectivity index (χ2n) is 0.660. The highest BCUT2D eigenvalue weighted by molar-refractivity contribution is 9.28. The van der Waals surface area contributed by atoms with Gasteiger partial charge in [0.1, 0.15) is 6.61 Å². The summed E-state index contributed by atoms with van der Waals surface area (Å²) in [7, 11) is 0. The molecule has 1 nitrogen and oxygen atoms in total. The molecule has 0 aliphatic heterocycles. The molecular formula is C3H3Br2O. The first-order valence-corrected chi connectivity index (χ1v) is 2.95. The highest BCUT2D eigenvalue weighted by Crippen LogP contribution is 2.10. The predicted molar refractivity (Wildman–Crippen MR) is 31.5 cm³/mol. The van der Waals surface area contributed by atoms with Crippen molar-refractivity contribution in [2.45, 2.75) is 0 Å². The average Bonchev–Trinajstić information content (AvgIpc) is 1.35. The standard InChI is InChI=1S/C3H3Br2O/c4-3(5)1-2-6/h1H,2H2. The third-order valence-corrected chi connectivity index (χ3v) is 0.885. The maximum absolute atomic E-state index is 9.60. The van der Waals surface area contributed by atoms with E-state index in [1.807, 2.05) is 0 Å². The quantitative estimate of drug-likeness (QED) is 0.637. The van der Waals surface area contributed by atoms with Gasteiger partial charge in [-0.15, -0.1) is 0 Å². The Bertz CT molecular complexity index is 55.8. The molecule has 0 N–H and O–H groups in total. The second-order valence-corrected chi connectivity index (χ2v) is 3.43. The lowest BCUT2D eigenvalue weighted by atomic mass is 10.7. The summed E-state index contributed by atoms with van der Waals surface area (Å²) in [4.78, 5) is 0. The molecule has 0 heterocycles. The molecule has 0 atom stereocenters. The fourth-order valence-electron chi connectivity index (χ4n) is 0.0630. The van der Waals surface area contributed by atoms with Crippen LogP contribution in [0.25, 0.3) is 0 Å². The van der Waals surface area contributed by atoms with Crippen LogP contribution >= 0.6 is 31.9 Å². The van der Waals surface area contributed by atoms with Gasteiger partial charge in [-0.05, 0) is 37.9 Å². The normalized spacial score (nSPS) is 7.83. The lowest BCUT2D eigenvalue weighted by Gasteiger charge is -1.73. The summed E-state index contributed by atoms with van der Waals surface area (Å²) >= 11 is 6.02. The van der Waals surface area contributed by atoms with Crippen molar-refractivity contribution in [3.8, 4) is 0 Å². The summed E-state index contributed by atoms with van der Waals surface area (Å²) in [6, 6.07) is 0. The second kappa shape index (κ2) is 3.84. The van der Waals surface area contributed by atoms with Gasteiger partial charge in [-0.25, -0.2) is 5.11 Å². The van der Waals surface area contributed by atoms with Gasteiger partial charge in [0, 0.05) is 0 Å². The van der Waals surface area contributed by atoms with E-state index in [4.69, 9.17) is 0 Å². The molecule has 0 aromatic carbocycles. The van der Waals surface area contributed by atoms with Crippen LogP contribution in [-0.2, 0) is 5.11 Å². The van der Waals surface area contributed by atoms with Gasteiger partial charge in [-0.1, -0.05) is 0 Å². The van der Waals surface area contributed by atoms with Gasteiger partial charge < -0.3 is 0 Å². The molecule has 6 heavy (non-hydrogen) atoms. The van der Waals surface area contributed by atoms with E-state index in [9.17, 15) is 5.11 Å². The molecule has 0 unspecified atom stereocenters. The molecule has 0 rings (SSSR count). The van der Waals surface area contributed by atoms with E-state index >= 15 is 0 Å². The summed E-state index contributed by atoms with van der Waals surface area (Å²) in [6.45, 7) is -0.175. The van der Waals surface area contributed by atoms with E-state index in [0.717, 1.165) is 3.39 Å². The monoisotopic (exact) mass is 213 g/mol. The molecule has 0 aromatic heterocycles. The van der Waals surface area contributed by atoms with Crippen molar-refractivity contribution in [1.82, 2.24) is 0 Å².